The quantitative estimate of drug-likeness (QED) is 0.840. The lowest BCUT2D eigenvalue weighted by Gasteiger charge is -2.14. The van der Waals surface area contributed by atoms with Crippen LogP contribution in [0, 0.1) is 18.8 Å². The first-order valence-electron chi connectivity index (χ1n) is 6.74. The largest absolute Gasteiger partial charge is 0.481 e. The SMILES string of the molecule is Cc1ccc(S(=O)(=O)CC[C@H](CC(C)C)C(=O)O)cc1. The third-order valence-electron chi connectivity index (χ3n) is 3.22. The molecular weight excluding hydrogens is 276 g/mol. The number of carbonyl (C=O) groups is 1. The number of hydrogen-bond acceptors (Lipinski definition) is 3. The molecule has 1 aromatic rings. The van der Waals surface area contributed by atoms with E-state index in [4.69, 9.17) is 5.11 Å². The molecule has 0 saturated carbocycles. The maximum absolute atomic E-state index is 12.2. The lowest BCUT2D eigenvalue weighted by atomic mass is 9.95. The summed E-state index contributed by atoms with van der Waals surface area (Å²) in [5, 5.41) is 9.13. The van der Waals surface area contributed by atoms with Crippen molar-refractivity contribution in [3.05, 3.63) is 29.8 Å². The molecule has 0 aliphatic rings. The number of carboxylic acids is 1. The van der Waals surface area contributed by atoms with Crippen LogP contribution >= 0.6 is 0 Å². The Morgan fingerprint density at radius 1 is 1.20 bits per heavy atom. The lowest BCUT2D eigenvalue weighted by Crippen LogP contribution is -2.20. The Morgan fingerprint density at radius 2 is 1.75 bits per heavy atom. The first-order valence-corrected chi connectivity index (χ1v) is 8.40. The van der Waals surface area contributed by atoms with Crippen molar-refractivity contribution in [1.82, 2.24) is 0 Å². The maximum Gasteiger partial charge on any atom is 0.306 e. The molecule has 1 N–H and O–H groups in total. The summed E-state index contributed by atoms with van der Waals surface area (Å²) in [5.74, 6) is -1.41. The highest BCUT2D eigenvalue weighted by Crippen LogP contribution is 2.20. The van der Waals surface area contributed by atoms with E-state index in [2.05, 4.69) is 0 Å². The van der Waals surface area contributed by atoms with Gasteiger partial charge >= 0.3 is 5.97 Å². The zero-order chi connectivity index (χ0) is 15.3. The van der Waals surface area contributed by atoms with Crippen molar-refractivity contribution in [1.29, 1.82) is 0 Å². The second kappa shape index (κ2) is 6.88. The fourth-order valence-electron chi connectivity index (χ4n) is 2.07. The number of rotatable bonds is 7. The molecule has 0 radical (unpaired) electrons. The molecule has 0 aliphatic carbocycles. The molecule has 112 valence electrons. The van der Waals surface area contributed by atoms with Crippen LogP contribution in [-0.4, -0.2) is 25.2 Å². The van der Waals surface area contributed by atoms with Crippen molar-refractivity contribution in [2.24, 2.45) is 11.8 Å². The van der Waals surface area contributed by atoms with Gasteiger partial charge in [0.05, 0.1) is 16.6 Å². The summed E-state index contributed by atoms with van der Waals surface area (Å²) in [6, 6.07) is 6.64. The number of hydrogen-bond donors (Lipinski definition) is 1. The van der Waals surface area contributed by atoms with Gasteiger partial charge in [0.25, 0.3) is 0 Å². The topological polar surface area (TPSA) is 71.4 Å². The van der Waals surface area contributed by atoms with E-state index in [1.807, 2.05) is 20.8 Å². The average molecular weight is 298 g/mol. The van der Waals surface area contributed by atoms with Crippen LogP contribution in [0.1, 0.15) is 32.3 Å². The fraction of sp³-hybridized carbons (Fsp3) is 0.533. The normalized spacial score (nSPS) is 13.4. The van der Waals surface area contributed by atoms with Gasteiger partial charge in [0.2, 0.25) is 0 Å². The van der Waals surface area contributed by atoms with Gasteiger partial charge in [-0.1, -0.05) is 31.5 Å². The predicted molar refractivity (Wildman–Crippen MR) is 78.4 cm³/mol. The molecule has 0 unspecified atom stereocenters. The molecular formula is C15H22O4S. The van der Waals surface area contributed by atoms with Crippen LogP contribution in [0.15, 0.2) is 29.2 Å². The van der Waals surface area contributed by atoms with E-state index in [1.54, 1.807) is 24.3 Å². The second-order valence-corrected chi connectivity index (χ2v) is 7.69. The van der Waals surface area contributed by atoms with Crippen molar-refractivity contribution in [2.75, 3.05) is 5.75 Å². The summed E-state index contributed by atoms with van der Waals surface area (Å²) < 4.78 is 24.3. The molecule has 0 bridgehead atoms. The third kappa shape index (κ3) is 4.96. The number of carboxylic acid groups (broad SMARTS) is 1. The molecule has 5 heteroatoms. The molecule has 20 heavy (non-hydrogen) atoms. The Morgan fingerprint density at radius 3 is 2.20 bits per heavy atom. The van der Waals surface area contributed by atoms with Crippen LogP contribution in [0.4, 0.5) is 0 Å². The van der Waals surface area contributed by atoms with Crippen molar-refractivity contribution < 1.29 is 18.3 Å². The molecule has 0 spiro atoms. The summed E-state index contributed by atoms with van der Waals surface area (Å²) in [6.45, 7) is 5.76. The zero-order valence-electron chi connectivity index (χ0n) is 12.2. The van der Waals surface area contributed by atoms with E-state index in [1.165, 1.54) is 0 Å². The Labute approximate surface area is 120 Å². The highest BCUT2D eigenvalue weighted by molar-refractivity contribution is 7.91. The summed E-state index contributed by atoms with van der Waals surface area (Å²) in [4.78, 5) is 11.4. The summed E-state index contributed by atoms with van der Waals surface area (Å²) in [7, 11) is -3.40. The van der Waals surface area contributed by atoms with Crippen LogP contribution in [0.5, 0.6) is 0 Å². The number of aliphatic carboxylic acids is 1. The van der Waals surface area contributed by atoms with Crippen molar-refractivity contribution >= 4 is 15.8 Å². The molecule has 0 fully saturated rings. The number of sulfone groups is 1. The molecule has 0 saturated heterocycles. The van der Waals surface area contributed by atoms with Gasteiger partial charge in [-0.15, -0.1) is 0 Å². The molecule has 4 nitrogen and oxygen atoms in total. The first-order chi connectivity index (χ1) is 9.22. The van der Waals surface area contributed by atoms with Crippen LogP contribution in [-0.2, 0) is 14.6 Å². The Bertz CT molecular complexity index is 544. The second-order valence-electron chi connectivity index (χ2n) is 5.59. The molecule has 1 rings (SSSR count). The van der Waals surface area contributed by atoms with Crippen LogP contribution in [0.3, 0.4) is 0 Å². The molecule has 1 aromatic carbocycles. The number of aryl methyl sites for hydroxylation is 1. The van der Waals surface area contributed by atoms with Gasteiger partial charge in [0.15, 0.2) is 9.84 Å². The smallest absolute Gasteiger partial charge is 0.306 e. The first kappa shape index (κ1) is 16.7. The van der Waals surface area contributed by atoms with E-state index < -0.39 is 21.7 Å². The van der Waals surface area contributed by atoms with Crippen LogP contribution < -0.4 is 0 Å². The summed E-state index contributed by atoms with van der Waals surface area (Å²) >= 11 is 0. The van der Waals surface area contributed by atoms with Crippen molar-refractivity contribution in [3.8, 4) is 0 Å². The standard InChI is InChI=1S/C15H22O4S/c1-11(2)10-13(15(16)17)8-9-20(18,19)14-6-4-12(3)5-7-14/h4-7,11,13H,8-10H2,1-3H3,(H,16,17)/t13-/m1/s1. The maximum atomic E-state index is 12.2. The van der Waals surface area contributed by atoms with Gasteiger partial charge in [0.1, 0.15) is 0 Å². The summed E-state index contributed by atoms with van der Waals surface area (Å²) in [6.07, 6.45) is 0.655. The molecule has 1 atom stereocenters. The minimum Gasteiger partial charge on any atom is -0.481 e. The van der Waals surface area contributed by atoms with Crippen LogP contribution in [0.2, 0.25) is 0 Å². The van der Waals surface area contributed by atoms with E-state index in [0.717, 1.165) is 5.56 Å². The van der Waals surface area contributed by atoms with Crippen molar-refractivity contribution in [3.63, 3.8) is 0 Å². The average Bonchev–Trinajstić information content (AvgIpc) is 2.34. The lowest BCUT2D eigenvalue weighted by molar-refractivity contribution is -0.142. The van der Waals surface area contributed by atoms with E-state index >= 15 is 0 Å². The Kier molecular flexibility index (Phi) is 5.74. The molecule has 0 aliphatic heterocycles. The van der Waals surface area contributed by atoms with Crippen LogP contribution in [0.25, 0.3) is 0 Å². The third-order valence-corrected chi connectivity index (χ3v) is 4.98. The van der Waals surface area contributed by atoms with Gasteiger partial charge < -0.3 is 5.11 Å². The predicted octanol–water partition coefficient (Wildman–Crippen LogP) is 2.91. The molecule has 0 aromatic heterocycles. The van der Waals surface area contributed by atoms with Gasteiger partial charge in [-0.25, -0.2) is 8.42 Å². The van der Waals surface area contributed by atoms with E-state index in [-0.39, 0.29) is 23.0 Å². The summed E-state index contributed by atoms with van der Waals surface area (Å²) in [5.41, 5.74) is 0.993. The zero-order valence-corrected chi connectivity index (χ0v) is 13.0. The van der Waals surface area contributed by atoms with Gasteiger partial charge in [0, 0.05) is 0 Å². The molecule has 0 amide bonds. The van der Waals surface area contributed by atoms with E-state index in [9.17, 15) is 13.2 Å². The van der Waals surface area contributed by atoms with Crippen molar-refractivity contribution in [2.45, 2.75) is 38.5 Å². The highest BCUT2D eigenvalue weighted by atomic mass is 32.2. The minimum atomic E-state index is -3.40. The highest BCUT2D eigenvalue weighted by Gasteiger charge is 2.23. The Hall–Kier alpha value is -1.36. The van der Waals surface area contributed by atoms with E-state index in [0.29, 0.717) is 6.42 Å². The monoisotopic (exact) mass is 298 g/mol. The van der Waals surface area contributed by atoms with Gasteiger partial charge in [-0.05, 0) is 37.8 Å². The number of benzene rings is 1. The minimum absolute atomic E-state index is 0.125. The Balaban J connectivity index is 2.75. The fourth-order valence-corrected chi connectivity index (χ4v) is 3.45. The molecule has 0 heterocycles. The van der Waals surface area contributed by atoms with Gasteiger partial charge in [-0.3, -0.25) is 4.79 Å². The van der Waals surface area contributed by atoms with Gasteiger partial charge in [-0.2, -0.15) is 0 Å².